The molecule has 0 unspecified atom stereocenters. The molecule has 2 aliphatic heterocycles. The Bertz CT molecular complexity index is 7330. The minimum Gasteiger partial charge on any atom is -0.311 e. The maximum absolute atomic E-state index is 2.72. The van der Waals surface area contributed by atoms with E-state index in [9.17, 15) is 0 Å². The van der Waals surface area contributed by atoms with Crippen molar-refractivity contribution in [1.82, 2.24) is 9.13 Å². The fraction of sp³-hybridized carbons (Fsp3) is 0. The highest BCUT2D eigenvalue weighted by atomic mass is 32.1. The number of para-hydroxylation sites is 4. The molecule has 0 amide bonds. The van der Waals surface area contributed by atoms with E-state index in [2.05, 4.69) is 340 Å². The lowest BCUT2D eigenvalue weighted by Gasteiger charge is -2.45. The highest BCUT2D eigenvalue weighted by Gasteiger charge is 2.45. The van der Waals surface area contributed by atoms with Gasteiger partial charge in [-0.05, 0) is 187 Å². The largest absolute Gasteiger partial charge is 0.311 e. The molecule has 0 saturated heterocycles. The predicted octanol–water partition coefficient (Wildman–Crippen LogP) is 26.6. The van der Waals surface area contributed by atoms with Gasteiger partial charge in [-0.2, -0.15) is 0 Å². The first-order valence-electron chi connectivity index (χ1n) is 36.0. The number of thiophene rings is 4. The summed E-state index contributed by atoms with van der Waals surface area (Å²) in [7, 11) is 0. The van der Waals surface area contributed by atoms with Gasteiger partial charge in [0.25, 0.3) is 6.71 Å². The second kappa shape index (κ2) is 21.2. The van der Waals surface area contributed by atoms with Crippen LogP contribution >= 0.6 is 45.3 Å². The normalized spacial score (nSPS) is 13.1. The van der Waals surface area contributed by atoms with Crippen LogP contribution in [0.25, 0.3) is 179 Å². The quantitative estimate of drug-likeness (QED) is 0.126. The van der Waals surface area contributed by atoms with Crippen molar-refractivity contribution in [2.75, 3.05) is 9.80 Å². The molecule has 23 aromatic rings. The molecule has 0 bridgehead atoms. The molecule has 0 radical (unpaired) electrons. The summed E-state index contributed by atoms with van der Waals surface area (Å²) in [6.45, 7) is -0.184. The molecule has 0 aliphatic carbocycles. The summed E-state index contributed by atoms with van der Waals surface area (Å²) >= 11 is 7.64. The summed E-state index contributed by atoms with van der Waals surface area (Å²) in [4.78, 5) is 5.43. The number of fused-ring (bicyclic) bond motifs is 28. The molecule has 6 aromatic heterocycles. The minimum atomic E-state index is -0.184. The lowest BCUT2D eigenvalue weighted by atomic mass is 9.33. The number of aromatic nitrogens is 2. The van der Waals surface area contributed by atoms with Gasteiger partial charge < -0.3 is 18.9 Å². The van der Waals surface area contributed by atoms with Gasteiger partial charge in [0.05, 0.1) is 33.4 Å². The molecule has 0 atom stereocenters. The summed E-state index contributed by atoms with van der Waals surface area (Å²) in [5, 5.41) is 22.8. The third-order valence-corrected chi connectivity index (χ3v) is 27.7. The van der Waals surface area contributed by atoms with E-state index in [1.807, 2.05) is 45.3 Å². The molecule has 8 heterocycles. The van der Waals surface area contributed by atoms with Crippen molar-refractivity contribution in [3.8, 4) is 22.5 Å². The lowest BCUT2D eigenvalue weighted by Crippen LogP contribution is -2.61. The SMILES string of the molecule is c1ccc2c(c1)sc1cccc(N3c4cc5c(cc4B4c6cc7sc8cc(-n9c%10ccccc%10c%10ccccc%109)ccc8c7cc6N(c6cccc7sc8ccccc8c67)c6cc(-c7ccc8c9ccccc9c9ccccc9c8c7)cc3c64)sc3cc(-n4c6ccccc6c6ccccc64)ccc35)c12. The Morgan fingerprint density at radius 1 is 0.200 bits per heavy atom. The minimum absolute atomic E-state index is 0.184. The Morgan fingerprint density at radius 3 is 1.00 bits per heavy atom. The Kier molecular flexibility index (Phi) is 11.5. The summed E-state index contributed by atoms with van der Waals surface area (Å²) in [6.07, 6.45) is 0. The van der Waals surface area contributed by atoms with E-state index < -0.39 is 0 Å². The third kappa shape index (κ3) is 7.84. The zero-order chi connectivity index (χ0) is 68.0. The fourth-order valence-electron chi connectivity index (χ4n) is 18.8. The van der Waals surface area contributed by atoms with E-state index in [0.29, 0.717) is 0 Å². The van der Waals surface area contributed by atoms with Crippen molar-refractivity contribution >= 4 is 259 Å². The molecule has 0 fully saturated rings. The summed E-state index contributed by atoms with van der Waals surface area (Å²) in [5.41, 5.74) is 20.5. The molecule has 9 heteroatoms. The number of anilines is 6. The molecular formula is C96H53BN4S4. The standard InChI is InChI=1S/C96H53BN4S4/c1-2-21-60-58(19-1)59-20-3-4-22-61(59)71-45-54(39-42-62(60)71)55-46-84-96-85(47-55)101(81-34-18-38-89-95(81)70-28-10-16-36-87(70)103-89)83-51-73-68-44-41-57(99-78-31-13-7-25-65(78)66-26-8-14-32-79(66)99)49-91(68)105-93(73)53-75(83)97(96)74-52-92-72(50-82(74)100(84)80-33-17-37-88-94(80)69-27-9-15-35-86(69)102-88)67-43-40-56(48-90(67)104-92)98-76-29-11-5-23-63(76)64-24-6-12-30-77(64)98/h1-53H. The Hall–Kier alpha value is -12.3. The molecule has 484 valence electrons. The first-order valence-corrected chi connectivity index (χ1v) is 39.2. The molecule has 105 heavy (non-hydrogen) atoms. The average Bonchev–Trinajstić information content (AvgIpc) is 1.61. The lowest BCUT2D eigenvalue weighted by molar-refractivity contribution is 1.19. The zero-order valence-electron chi connectivity index (χ0n) is 56.1. The van der Waals surface area contributed by atoms with Crippen LogP contribution in [-0.2, 0) is 0 Å². The van der Waals surface area contributed by atoms with Crippen LogP contribution in [-0.4, -0.2) is 15.8 Å². The number of rotatable bonds is 5. The highest BCUT2D eigenvalue weighted by Crippen LogP contribution is 2.55. The first kappa shape index (κ1) is 57.2. The third-order valence-electron chi connectivity index (χ3n) is 23.2. The molecule has 2 aliphatic rings. The second-order valence-corrected chi connectivity index (χ2v) is 32.8. The van der Waals surface area contributed by atoms with Gasteiger partial charge in [-0.15, -0.1) is 45.3 Å². The van der Waals surface area contributed by atoms with Crippen molar-refractivity contribution in [2.24, 2.45) is 0 Å². The van der Waals surface area contributed by atoms with Crippen LogP contribution in [0.2, 0.25) is 0 Å². The van der Waals surface area contributed by atoms with Gasteiger partial charge in [0.1, 0.15) is 0 Å². The van der Waals surface area contributed by atoms with Gasteiger partial charge in [-0.3, -0.25) is 0 Å². The molecule has 0 saturated carbocycles. The molecule has 17 aromatic carbocycles. The second-order valence-electron chi connectivity index (χ2n) is 28.5. The van der Waals surface area contributed by atoms with Crippen molar-refractivity contribution in [3.05, 3.63) is 322 Å². The predicted molar refractivity (Wildman–Crippen MR) is 459 cm³/mol. The van der Waals surface area contributed by atoms with Gasteiger partial charge in [0.15, 0.2) is 0 Å². The van der Waals surface area contributed by atoms with Gasteiger partial charge in [0, 0.05) is 136 Å². The van der Waals surface area contributed by atoms with Crippen LogP contribution in [0.15, 0.2) is 322 Å². The smallest absolute Gasteiger partial charge is 0.252 e. The fourth-order valence-corrected chi connectivity index (χ4v) is 23.4. The number of nitrogens with zero attached hydrogens (tertiary/aromatic N) is 4. The molecule has 0 N–H and O–H groups in total. The summed E-state index contributed by atoms with van der Waals surface area (Å²) in [5.74, 6) is 0. The van der Waals surface area contributed by atoms with E-state index in [4.69, 9.17) is 0 Å². The molecule has 4 nitrogen and oxygen atoms in total. The van der Waals surface area contributed by atoms with Gasteiger partial charge in [-0.1, -0.05) is 194 Å². The van der Waals surface area contributed by atoms with Crippen LogP contribution in [0, 0.1) is 0 Å². The topological polar surface area (TPSA) is 16.3 Å². The van der Waals surface area contributed by atoms with Crippen LogP contribution in [0.3, 0.4) is 0 Å². The Balaban J connectivity index is 0.814. The van der Waals surface area contributed by atoms with E-state index in [0.717, 1.165) is 16.9 Å². The molecule has 25 rings (SSSR count). The summed E-state index contributed by atoms with van der Waals surface area (Å²) < 4.78 is 15.1. The van der Waals surface area contributed by atoms with Crippen molar-refractivity contribution < 1.29 is 0 Å². The van der Waals surface area contributed by atoms with Crippen LogP contribution in [0.4, 0.5) is 34.1 Å². The van der Waals surface area contributed by atoms with Crippen molar-refractivity contribution in [3.63, 3.8) is 0 Å². The zero-order valence-corrected chi connectivity index (χ0v) is 59.4. The number of benzene rings is 17. The first-order chi connectivity index (χ1) is 52.1. The van der Waals surface area contributed by atoms with E-state index in [1.165, 1.54) is 213 Å². The van der Waals surface area contributed by atoms with Crippen LogP contribution in [0.5, 0.6) is 0 Å². The van der Waals surface area contributed by atoms with Gasteiger partial charge >= 0.3 is 0 Å². The van der Waals surface area contributed by atoms with Gasteiger partial charge in [0.2, 0.25) is 0 Å². The Labute approximate surface area is 617 Å². The van der Waals surface area contributed by atoms with Crippen LogP contribution in [0.1, 0.15) is 0 Å². The van der Waals surface area contributed by atoms with E-state index in [-0.39, 0.29) is 6.71 Å². The maximum Gasteiger partial charge on any atom is 0.252 e. The molecular weight excluding hydrogens is 1350 g/mol. The molecule has 0 spiro atoms. The Morgan fingerprint density at radius 2 is 0.552 bits per heavy atom. The monoisotopic (exact) mass is 1400 g/mol. The van der Waals surface area contributed by atoms with Crippen molar-refractivity contribution in [2.45, 2.75) is 0 Å². The van der Waals surface area contributed by atoms with Crippen LogP contribution < -0.4 is 26.2 Å². The van der Waals surface area contributed by atoms with Gasteiger partial charge in [-0.25, -0.2) is 0 Å². The van der Waals surface area contributed by atoms with Crippen molar-refractivity contribution in [1.29, 1.82) is 0 Å². The van der Waals surface area contributed by atoms with E-state index >= 15 is 0 Å². The maximum atomic E-state index is 2.72. The average molecular weight is 1400 g/mol. The van der Waals surface area contributed by atoms with E-state index in [1.54, 1.807) is 0 Å². The number of hydrogen-bond donors (Lipinski definition) is 0. The highest BCUT2D eigenvalue weighted by molar-refractivity contribution is 7.27. The summed E-state index contributed by atoms with van der Waals surface area (Å²) in [6, 6.07) is 123. The number of hydrogen-bond acceptors (Lipinski definition) is 6.